The number of carbonyl (C=O) groups excluding carboxylic acids is 1. The summed E-state index contributed by atoms with van der Waals surface area (Å²) in [5.74, 6) is 0.0780. The maximum absolute atomic E-state index is 13.0. The number of hydrogen-bond donors (Lipinski definition) is 1. The first-order chi connectivity index (χ1) is 15.9. The van der Waals surface area contributed by atoms with Gasteiger partial charge in [0, 0.05) is 25.2 Å². The highest BCUT2D eigenvalue weighted by Crippen LogP contribution is 2.26. The maximum atomic E-state index is 13.0. The third-order valence-corrected chi connectivity index (χ3v) is 7.33. The van der Waals surface area contributed by atoms with Crippen molar-refractivity contribution in [1.29, 1.82) is 0 Å². The van der Waals surface area contributed by atoms with Gasteiger partial charge in [0.1, 0.15) is 0 Å². The maximum Gasteiger partial charge on any atom is 0.241 e. The van der Waals surface area contributed by atoms with E-state index < -0.39 is 10.0 Å². The van der Waals surface area contributed by atoms with Crippen molar-refractivity contribution in [2.24, 2.45) is 0 Å². The Morgan fingerprint density at radius 2 is 1.67 bits per heavy atom. The van der Waals surface area contributed by atoms with E-state index in [0.29, 0.717) is 31.7 Å². The normalized spacial score (nSPS) is 14.1. The molecule has 0 aliphatic carbocycles. The van der Waals surface area contributed by atoms with Crippen LogP contribution in [0.3, 0.4) is 0 Å². The average Bonchev–Trinajstić information content (AvgIpc) is 3.25. The lowest BCUT2D eigenvalue weighted by Crippen LogP contribution is -2.26. The van der Waals surface area contributed by atoms with Crippen LogP contribution in [-0.2, 0) is 39.3 Å². The molecule has 6 nitrogen and oxygen atoms in total. The van der Waals surface area contributed by atoms with Crippen LogP contribution in [0.15, 0.2) is 77.7 Å². The monoisotopic (exact) mass is 464 g/mol. The third-order valence-electron chi connectivity index (χ3n) is 5.77. The summed E-state index contributed by atoms with van der Waals surface area (Å²) in [6.07, 6.45) is 1.36. The number of hydrogen-bond acceptors (Lipinski definition) is 4. The van der Waals surface area contributed by atoms with Gasteiger partial charge in [0.25, 0.3) is 0 Å². The Bertz CT molecular complexity index is 1230. The minimum absolute atomic E-state index is 0.0780. The van der Waals surface area contributed by atoms with E-state index in [2.05, 4.69) is 4.72 Å². The highest BCUT2D eigenvalue weighted by atomic mass is 32.2. The molecule has 4 rings (SSSR count). The molecule has 172 valence electrons. The van der Waals surface area contributed by atoms with Crippen LogP contribution in [-0.4, -0.2) is 20.9 Å². The predicted molar refractivity (Wildman–Crippen MR) is 128 cm³/mol. The van der Waals surface area contributed by atoms with Gasteiger partial charge in [-0.25, -0.2) is 13.1 Å². The zero-order valence-electron chi connectivity index (χ0n) is 18.7. The fourth-order valence-corrected chi connectivity index (χ4v) is 5.23. The highest BCUT2D eigenvalue weighted by Gasteiger charge is 2.24. The van der Waals surface area contributed by atoms with Gasteiger partial charge in [-0.1, -0.05) is 54.6 Å². The number of rotatable bonds is 9. The van der Waals surface area contributed by atoms with Crippen LogP contribution in [0.2, 0.25) is 0 Å². The van der Waals surface area contributed by atoms with E-state index in [4.69, 9.17) is 4.74 Å². The van der Waals surface area contributed by atoms with Gasteiger partial charge >= 0.3 is 0 Å². The van der Waals surface area contributed by atoms with Gasteiger partial charge < -0.3 is 9.64 Å². The molecule has 7 heteroatoms. The molecule has 0 atom stereocenters. The smallest absolute Gasteiger partial charge is 0.241 e. The SMILES string of the molecule is Cc1cc(N2CCCC2=O)ccc1S(=O)(=O)NCc1ccccc1COCc1ccccc1. The molecule has 33 heavy (non-hydrogen) atoms. The van der Waals surface area contributed by atoms with Crippen LogP contribution >= 0.6 is 0 Å². The van der Waals surface area contributed by atoms with Gasteiger partial charge in [-0.05, 0) is 53.8 Å². The zero-order valence-corrected chi connectivity index (χ0v) is 19.5. The molecule has 3 aromatic rings. The number of amides is 1. The largest absolute Gasteiger partial charge is 0.372 e. The summed E-state index contributed by atoms with van der Waals surface area (Å²) in [5, 5.41) is 0. The number of nitrogens with zero attached hydrogens (tertiary/aromatic N) is 1. The van der Waals surface area contributed by atoms with E-state index in [1.807, 2.05) is 54.6 Å². The van der Waals surface area contributed by atoms with E-state index in [1.54, 1.807) is 30.0 Å². The van der Waals surface area contributed by atoms with Crippen molar-refractivity contribution in [2.75, 3.05) is 11.4 Å². The Morgan fingerprint density at radius 3 is 2.36 bits per heavy atom. The molecule has 1 saturated heterocycles. The average molecular weight is 465 g/mol. The molecule has 1 aliphatic rings. The van der Waals surface area contributed by atoms with Crippen molar-refractivity contribution in [1.82, 2.24) is 4.72 Å². The summed E-state index contributed by atoms with van der Waals surface area (Å²) in [7, 11) is -3.72. The number of benzene rings is 3. The van der Waals surface area contributed by atoms with Crippen molar-refractivity contribution in [2.45, 2.75) is 44.4 Å². The van der Waals surface area contributed by atoms with Gasteiger partial charge in [-0.15, -0.1) is 0 Å². The standard InChI is InChI=1S/C26H28N2O4S/c1-20-16-24(28-15-7-12-26(28)29)13-14-25(20)33(30,31)27-17-22-10-5-6-11-23(22)19-32-18-21-8-3-2-4-9-21/h2-6,8-11,13-14,16,27H,7,12,15,17-19H2,1H3. The van der Waals surface area contributed by atoms with Crippen molar-refractivity contribution in [3.63, 3.8) is 0 Å². The van der Waals surface area contributed by atoms with E-state index in [0.717, 1.165) is 28.8 Å². The molecular formula is C26H28N2O4S. The van der Waals surface area contributed by atoms with Gasteiger partial charge in [-0.3, -0.25) is 4.79 Å². The molecule has 0 saturated carbocycles. The van der Waals surface area contributed by atoms with E-state index in [9.17, 15) is 13.2 Å². The molecule has 0 spiro atoms. The van der Waals surface area contributed by atoms with E-state index >= 15 is 0 Å². The number of anilines is 1. The zero-order chi connectivity index (χ0) is 23.3. The summed E-state index contributed by atoms with van der Waals surface area (Å²) in [6, 6.07) is 22.6. The number of aryl methyl sites for hydroxylation is 1. The third kappa shape index (κ3) is 5.68. The van der Waals surface area contributed by atoms with Crippen molar-refractivity contribution in [3.05, 3.63) is 95.1 Å². The molecule has 3 aromatic carbocycles. The van der Waals surface area contributed by atoms with Crippen LogP contribution in [0, 0.1) is 6.92 Å². The van der Waals surface area contributed by atoms with Crippen LogP contribution in [0.5, 0.6) is 0 Å². The van der Waals surface area contributed by atoms with Crippen LogP contribution < -0.4 is 9.62 Å². The quantitative estimate of drug-likeness (QED) is 0.512. The lowest BCUT2D eigenvalue weighted by atomic mass is 10.1. The van der Waals surface area contributed by atoms with Crippen LogP contribution in [0.4, 0.5) is 5.69 Å². The first-order valence-corrected chi connectivity index (χ1v) is 12.5. The van der Waals surface area contributed by atoms with E-state index in [-0.39, 0.29) is 17.3 Å². The molecule has 0 unspecified atom stereocenters. The van der Waals surface area contributed by atoms with Gasteiger partial charge in [0.2, 0.25) is 15.9 Å². The molecule has 1 fully saturated rings. The lowest BCUT2D eigenvalue weighted by molar-refractivity contribution is -0.117. The Labute approximate surface area is 195 Å². The summed E-state index contributed by atoms with van der Waals surface area (Å²) < 4.78 is 34.6. The second-order valence-electron chi connectivity index (χ2n) is 8.17. The summed E-state index contributed by atoms with van der Waals surface area (Å²) in [4.78, 5) is 13.9. The molecule has 0 radical (unpaired) electrons. The molecule has 0 aromatic heterocycles. The molecule has 0 bridgehead atoms. The number of sulfonamides is 1. The van der Waals surface area contributed by atoms with Crippen molar-refractivity contribution < 1.29 is 17.9 Å². The van der Waals surface area contributed by atoms with Crippen molar-refractivity contribution >= 4 is 21.6 Å². The Kier molecular flexibility index (Phi) is 7.23. The second-order valence-corrected chi connectivity index (χ2v) is 9.91. The Hall–Kier alpha value is -3.00. The number of ether oxygens (including phenoxy) is 1. The fraction of sp³-hybridized carbons (Fsp3) is 0.269. The molecule has 1 amide bonds. The molecule has 1 N–H and O–H groups in total. The topological polar surface area (TPSA) is 75.7 Å². The summed E-state index contributed by atoms with van der Waals surface area (Å²) in [5.41, 5.74) is 4.25. The van der Waals surface area contributed by atoms with Gasteiger partial charge in [0.05, 0.1) is 18.1 Å². The predicted octanol–water partition coefficient (Wildman–Crippen LogP) is 4.32. The minimum atomic E-state index is -3.72. The first-order valence-electron chi connectivity index (χ1n) is 11.0. The van der Waals surface area contributed by atoms with Crippen LogP contribution in [0.1, 0.15) is 35.1 Å². The number of nitrogens with one attached hydrogen (secondary N) is 1. The molecular weight excluding hydrogens is 436 g/mol. The summed E-state index contributed by atoms with van der Waals surface area (Å²) >= 11 is 0. The second kappa shape index (κ2) is 10.3. The van der Waals surface area contributed by atoms with Gasteiger partial charge in [-0.2, -0.15) is 0 Å². The number of carbonyl (C=O) groups is 1. The van der Waals surface area contributed by atoms with Crippen LogP contribution in [0.25, 0.3) is 0 Å². The van der Waals surface area contributed by atoms with Gasteiger partial charge in [0.15, 0.2) is 0 Å². The van der Waals surface area contributed by atoms with Crippen molar-refractivity contribution in [3.8, 4) is 0 Å². The first kappa shape index (κ1) is 23.2. The molecule has 1 heterocycles. The lowest BCUT2D eigenvalue weighted by Gasteiger charge is -2.18. The molecule has 1 aliphatic heterocycles. The summed E-state index contributed by atoms with van der Waals surface area (Å²) in [6.45, 7) is 3.48. The Morgan fingerprint density at radius 1 is 0.939 bits per heavy atom. The fourth-order valence-electron chi connectivity index (χ4n) is 4.00. The highest BCUT2D eigenvalue weighted by molar-refractivity contribution is 7.89. The van der Waals surface area contributed by atoms with E-state index in [1.165, 1.54) is 0 Å². The minimum Gasteiger partial charge on any atom is -0.372 e. The Balaban J connectivity index is 1.42.